The number of aromatic hydroxyl groups is 1. The van der Waals surface area contributed by atoms with E-state index >= 15 is 0 Å². The number of rotatable bonds is 4. The number of nitrogens with zero attached hydrogens (tertiary/aromatic N) is 2. The SMILES string of the molecule is Cc1cccc(O)c1S(=O)(=O)n1cnc2c(CC3CCCCCCCCC3)cccc21. The summed E-state index contributed by atoms with van der Waals surface area (Å²) in [5.74, 6) is 0.380. The number of hydrogen-bond acceptors (Lipinski definition) is 4. The molecule has 4 rings (SSSR count). The van der Waals surface area contributed by atoms with Gasteiger partial charge in [0.05, 0.1) is 11.0 Å². The first-order chi connectivity index (χ1) is 15.0. The average molecular weight is 441 g/mol. The second kappa shape index (κ2) is 9.43. The van der Waals surface area contributed by atoms with E-state index in [2.05, 4.69) is 11.1 Å². The molecule has 5 nitrogen and oxygen atoms in total. The second-order valence-electron chi connectivity index (χ2n) is 8.88. The Morgan fingerprint density at radius 3 is 2.29 bits per heavy atom. The first-order valence-electron chi connectivity index (χ1n) is 11.5. The molecule has 0 spiro atoms. The highest BCUT2D eigenvalue weighted by molar-refractivity contribution is 7.90. The Hall–Kier alpha value is -2.34. The van der Waals surface area contributed by atoms with Crippen LogP contribution in [0.2, 0.25) is 0 Å². The van der Waals surface area contributed by atoms with Crippen LogP contribution in [0.25, 0.3) is 11.0 Å². The maximum atomic E-state index is 13.4. The molecule has 1 N–H and O–H groups in total. The van der Waals surface area contributed by atoms with Crippen molar-refractivity contribution in [3.05, 3.63) is 53.9 Å². The van der Waals surface area contributed by atoms with Crippen molar-refractivity contribution in [2.45, 2.75) is 76.0 Å². The molecular formula is C25H32N2O3S. The summed E-state index contributed by atoms with van der Waals surface area (Å²) in [7, 11) is -3.95. The molecule has 0 amide bonds. The van der Waals surface area contributed by atoms with Crippen molar-refractivity contribution in [3.8, 4) is 5.75 Å². The van der Waals surface area contributed by atoms with E-state index < -0.39 is 10.0 Å². The average Bonchev–Trinajstić information content (AvgIpc) is 3.18. The summed E-state index contributed by atoms with van der Waals surface area (Å²) in [5.41, 5.74) is 2.94. The minimum absolute atomic E-state index is 0.0629. The van der Waals surface area contributed by atoms with Gasteiger partial charge in [0.1, 0.15) is 17.0 Å². The third-order valence-corrected chi connectivity index (χ3v) is 8.42. The molecule has 0 unspecified atom stereocenters. The lowest BCUT2D eigenvalue weighted by molar-refractivity contribution is 0.387. The number of fused-ring (bicyclic) bond motifs is 1. The largest absolute Gasteiger partial charge is 0.507 e. The molecule has 2 aromatic carbocycles. The van der Waals surface area contributed by atoms with Crippen LogP contribution in [0.5, 0.6) is 5.75 Å². The molecule has 0 radical (unpaired) electrons. The number of aromatic nitrogens is 2. The normalized spacial score (nSPS) is 17.1. The van der Waals surface area contributed by atoms with E-state index in [1.54, 1.807) is 25.1 Å². The highest BCUT2D eigenvalue weighted by Gasteiger charge is 2.26. The molecule has 31 heavy (non-hydrogen) atoms. The summed E-state index contributed by atoms with van der Waals surface area (Å²) in [6.45, 7) is 1.69. The van der Waals surface area contributed by atoms with Gasteiger partial charge in [-0.1, -0.05) is 82.1 Å². The quantitative estimate of drug-likeness (QED) is 0.542. The highest BCUT2D eigenvalue weighted by atomic mass is 32.2. The third kappa shape index (κ3) is 4.64. The van der Waals surface area contributed by atoms with Gasteiger partial charge in [0, 0.05) is 0 Å². The topological polar surface area (TPSA) is 72.2 Å². The molecule has 0 aliphatic heterocycles. The predicted molar refractivity (Wildman–Crippen MR) is 124 cm³/mol. The molecule has 3 aromatic rings. The number of imidazole rings is 1. The summed E-state index contributed by atoms with van der Waals surface area (Å²) >= 11 is 0. The maximum Gasteiger partial charge on any atom is 0.273 e. The zero-order chi connectivity index (χ0) is 21.8. The Kier molecular flexibility index (Phi) is 6.65. The van der Waals surface area contributed by atoms with Crippen molar-refractivity contribution in [3.63, 3.8) is 0 Å². The van der Waals surface area contributed by atoms with Crippen LogP contribution in [0.15, 0.2) is 47.6 Å². The molecule has 0 bridgehead atoms. The molecule has 6 heteroatoms. The van der Waals surface area contributed by atoms with Crippen LogP contribution in [0, 0.1) is 12.8 Å². The number of aryl methyl sites for hydroxylation is 1. The molecule has 1 fully saturated rings. The van der Waals surface area contributed by atoms with Crippen molar-refractivity contribution in [2.24, 2.45) is 5.92 Å². The van der Waals surface area contributed by atoms with Gasteiger partial charge in [-0.15, -0.1) is 0 Å². The summed E-state index contributed by atoms with van der Waals surface area (Å²) < 4.78 is 27.9. The van der Waals surface area contributed by atoms with Crippen LogP contribution in [0.4, 0.5) is 0 Å². The van der Waals surface area contributed by atoms with E-state index in [0.717, 1.165) is 17.5 Å². The Morgan fingerprint density at radius 2 is 1.61 bits per heavy atom. The number of phenolic OH excluding ortho intramolecular Hbond substituents is 1. The standard InChI is InChI=1S/C25H32N2O3S/c1-19-11-9-16-23(28)25(19)31(29,30)27-18-26-24-21(14-10-15-22(24)27)17-20-12-7-5-3-2-4-6-8-13-20/h9-11,14-16,18,20,28H,2-8,12-13,17H2,1H3. The number of hydrogen-bond donors (Lipinski definition) is 1. The van der Waals surface area contributed by atoms with Gasteiger partial charge in [0.15, 0.2) is 0 Å². The van der Waals surface area contributed by atoms with Crippen LogP contribution in [0.3, 0.4) is 0 Å². The van der Waals surface area contributed by atoms with E-state index in [1.165, 1.54) is 74.2 Å². The molecule has 0 saturated heterocycles. The van der Waals surface area contributed by atoms with E-state index in [0.29, 0.717) is 17.0 Å². The molecule has 166 valence electrons. The van der Waals surface area contributed by atoms with Gasteiger partial charge in [0.2, 0.25) is 0 Å². The maximum absolute atomic E-state index is 13.4. The molecule has 1 aliphatic carbocycles. The fourth-order valence-corrected chi connectivity index (χ4v) is 6.50. The van der Waals surface area contributed by atoms with Crippen LogP contribution in [0.1, 0.15) is 68.9 Å². The van der Waals surface area contributed by atoms with E-state index in [4.69, 9.17) is 0 Å². The first kappa shape index (κ1) is 21.9. The van der Waals surface area contributed by atoms with Crippen LogP contribution >= 0.6 is 0 Å². The molecule has 1 heterocycles. The Labute approximate surface area is 185 Å². The lowest BCUT2D eigenvalue weighted by Gasteiger charge is -2.19. The van der Waals surface area contributed by atoms with Crippen LogP contribution in [-0.2, 0) is 16.4 Å². The van der Waals surface area contributed by atoms with Gasteiger partial charge in [-0.2, -0.15) is 0 Å². The molecule has 1 saturated carbocycles. The number of benzene rings is 2. The highest BCUT2D eigenvalue weighted by Crippen LogP contribution is 2.32. The molecule has 0 atom stereocenters. The third-order valence-electron chi connectivity index (χ3n) is 6.57. The van der Waals surface area contributed by atoms with Gasteiger partial charge in [-0.3, -0.25) is 0 Å². The predicted octanol–water partition coefficient (Wildman–Crippen LogP) is 5.97. The van der Waals surface area contributed by atoms with Gasteiger partial charge >= 0.3 is 0 Å². The number of para-hydroxylation sites is 1. The second-order valence-corrected chi connectivity index (χ2v) is 10.6. The summed E-state index contributed by atoms with van der Waals surface area (Å²) in [5, 5.41) is 10.2. The Morgan fingerprint density at radius 1 is 0.968 bits per heavy atom. The minimum Gasteiger partial charge on any atom is -0.507 e. The Balaban J connectivity index is 1.67. The zero-order valence-electron chi connectivity index (χ0n) is 18.3. The lowest BCUT2D eigenvalue weighted by Crippen LogP contribution is -2.13. The fraction of sp³-hybridized carbons (Fsp3) is 0.480. The minimum atomic E-state index is -3.95. The van der Waals surface area contributed by atoms with Crippen molar-refractivity contribution >= 4 is 21.1 Å². The monoisotopic (exact) mass is 440 g/mol. The van der Waals surface area contributed by atoms with Crippen LogP contribution < -0.4 is 0 Å². The van der Waals surface area contributed by atoms with E-state index in [-0.39, 0.29) is 10.6 Å². The van der Waals surface area contributed by atoms with Crippen molar-refractivity contribution in [2.75, 3.05) is 0 Å². The molecule has 1 aromatic heterocycles. The summed E-state index contributed by atoms with van der Waals surface area (Å²) in [6, 6.07) is 10.5. The summed E-state index contributed by atoms with van der Waals surface area (Å²) in [6.07, 6.45) is 14.0. The van der Waals surface area contributed by atoms with Crippen molar-refractivity contribution in [1.29, 1.82) is 0 Å². The number of phenols is 1. The van der Waals surface area contributed by atoms with E-state index in [9.17, 15) is 13.5 Å². The Bertz CT molecular complexity index is 1120. The zero-order valence-corrected chi connectivity index (χ0v) is 19.1. The van der Waals surface area contributed by atoms with Crippen LogP contribution in [-0.4, -0.2) is 22.5 Å². The fourth-order valence-electron chi connectivity index (χ4n) is 4.91. The van der Waals surface area contributed by atoms with Crippen molar-refractivity contribution in [1.82, 2.24) is 8.96 Å². The smallest absolute Gasteiger partial charge is 0.273 e. The summed E-state index contributed by atoms with van der Waals surface area (Å²) in [4.78, 5) is 4.45. The molecular weight excluding hydrogens is 408 g/mol. The van der Waals surface area contributed by atoms with Gasteiger partial charge in [-0.05, 0) is 42.5 Å². The van der Waals surface area contributed by atoms with Crippen molar-refractivity contribution < 1.29 is 13.5 Å². The van der Waals surface area contributed by atoms with Gasteiger partial charge in [-0.25, -0.2) is 17.4 Å². The van der Waals surface area contributed by atoms with E-state index in [1.807, 2.05) is 6.07 Å². The first-order valence-corrected chi connectivity index (χ1v) is 12.9. The van der Waals surface area contributed by atoms with Gasteiger partial charge in [0.25, 0.3) is 10.0 Å². The van der Waals surface area contributed by atoms with Gasteiger partial charge < -0.3 is 5.11 Å². The lowest BCUT2D eigenvalue weighted by atomic mass is 9.87. The molecule has 1 aliphatic rings.